The zero-order valence-electron chi connectivity index (χ0n) is 9.07. The molecular weight excluding hydrogens is 274 g/mol. The summed E-state index contributed by atoms with van der Waals surface area (Å²) in [6.45, 7) is 3.28. The Labute approximate surface area is 103 Å². The fraction of sp³-hybridized carbons (Fsp3) is 0.545. The van der Waals surface area contributed by atoms with Crippen molar-refractivity contribution < 1.29 is 14.6 Å². The Balaban J connectivity index is 2.40. The molecular formula is C11H14BrNO3. The Hall–Kier alpha value is -0.650. The first kappa shape index (κ1) is 11.8. The molecule has 1 aromatic heterocycles. The minimum atomic E-state index is -0.971. The highest BCUT2D eigenvalue weighted by Gasteiger charge is 2.37. The van der Waals surface area contributed by atoms with Crippen LogP contribution < -0.4 is 4.74 Å². The lowest BCUT2D eigenvalue weighted by atomic mass is 9.94. The summed E-state index contributed by atoms with van der Waals surface area (Å²) in [5, 5.41) is 10.4. The summed E-state index contributed by atoms with van der Waals surface area (Å²) in [7, 11) is 0. The number of aliphatic hydroxyl groups is 1. The first-order chi connectivity index (χ1) is 7.65. The Morgan fingerprint density at radius 2 is 2.50 bits per heavy atom. The van der Waals surface area contributed by atoms with Gasteiger partial charge in [-0.1, -0.05) is 0 Å². The molecule has 16 heavy (non-hydrogen) atoms. The lowest BCUT2D eigenvalue weighted by Crippen LogP contribution is -2.27. The van der Waals surface area contributed by atoms with E-state index in [0.717, 1.165) is 4.47 Å². The molecule has 1 saturated heterocycles. The molecule has 0 radical (unpaired) electrons. The van der Waals surface area contributed by atoms with Crippen LogP contribution in [0.2, 0.25) is 0 Å². The van der Waals surface area contributed by atoms with Gasteiger partial charge < -0.3 is 14.6 Å². The third kappa shape index (κ3) is 2.21. The van der Waals surface area contributed by atoms with E-state index < -0.39 is 5.60 Å². The standard InChI is InChI=1S/C11H14BrNO3/c1-2-16-10-9(5-8(12)6-13-10)11(14)3-4-15-7-11/h5-6,14H,2-4,7H2,1H3. The highest BCUT2D eigenvalue weighted by molar-refractivity contribution is 9.10. The van der Waals surface area contributed by atoms with Crippen LogP contribution in [0.15, 0.2) is 16.7 Å². The van der Waals surface area contributed by atoms with E-state index in [-0.39, 0.29) is 0 Å². The van der Waals surface area contributed by atoms with Crippen LogP contribution in [0.1, 0.15) is 18.9 Å². The molecule has 1 atom stereocenters. The summed E-state index contributed by atoms with van der Waals surface area (Å²) in [5.74, 6) is 0.485. The lowest BCUT2D eigenvalue weighted by Gasteiger charge is -2.23. The molecule has 5 heteroatoms. The van der Waals surface area contributed by atoms with Crippen molar-refractivity contribution in [1.29, 1.82) is 0 Å². The zero-order chi connectivity index (χ0) is 11.6. The summed E-state index contributed by atoms with van der Waals surface area (Å²) in [5.41, 5.74) is -0.275. The smallest absolute Gasteiger partial charge is 0.219 e. The van der Waals surface area contributed by atoms with E-state index in [1.54, 1.807) is 6.20 Å². The molecule has 0 saturated carbocycles. The second-order valence-electron chi connectivity index (χ2n) is 3.77. The van der Waals surface area contributed by atoms with E-state index in [2.05, 4.69) is 20.9 Å². The van der Waals surface area contributed by atoms with E-state index in [1.165, 1.54) is 0 Å². The van der Waals surface area contributed by atoms with Gasteiger partial charge in [0, 0.05) is 29.3 Å². The second kappa shape index (κ2) is 4.69. The van der Waals surface area contributed by atoms with Gasteiger partial charge in [-0.15, -0.1) is 0 Å². The van der Waals surface area contributed by atoms with Crippen molar-refractivity contribution in [3.8, 4) is 5.88 Å². The maximum atomic E-state index is 10.4. The van der Waals surface area contributed by atoms with Crippen molar-refractivity contribution in [2.24, 2.45) is 0 Å². The molecule has 0 spiro atoms. The highest BCUT2D eigenvalue weighted by atomic mass is 79.9. The van der Waals surface area contributed by atoms with Gasteiger partial charge >= 0.3 is 0 Å². The number of hydrogen-bond donors (Lipinski definition) is 1. The maximum Gasteiger partial charge on any atom is 0.219 e. The largest absolute Gasteiger partial charge is 0.478 e. The Kier molecular flexibility index (Phi) is 3.47. The third-order valence-electron chi connectivity index (χ3n) is 2.60. The number of ether oxygens (including phenoxy) is 2. The Morgan fingerprint density at radius 3 is 3.12 bits per heavy atom. The van der Waals surface area contributed by atoms with Crippen LogP contribution in [0.25, 0.3) is 0 Å². The van der Waals surface area contributed by atoms with Crippen LogP contribution in [-0.4, -0.2) is 29.9 Å². The van der Waals surface area contributed by atoms with Gasteiger partial charge in [0.1, 0.15) is 5.60 Å². The molecule has 2 rings (SSSR count). The Morgan fingerprint density at radius 1 is 1.69 bits per heavy atom. The molecule has 0 aliphatic carbocycles. The monoisotopic (exact) mass is 287 g/mol. The molecule has 1 aliphatic heterocycles. The van der Waals surface area contributed by atoms with Crippen molar-refractivity contribution in [2.45, 2.75) is 18.9 Å². The molecule has 0 amide bonds. The predicted octanol–water partition coefficient (Wildman–Crippen LogP) is 1.85. The number of pyridine rings is 1. The molecule has 4 nitrogen and oxygen atoms in total. The molecule has 0 aromatic carbocycles. The quantitative estimate of drug-likeness (QED) is 0.922. The van der Waals surface area contributed by atoms with E-state index in [9.17, 15) is 5.11 Å². The first-order valence-corrected chi connectivity index (χ1v) is 6.04. The van der Waals surface area contributed by atoms with Gasteiger partial charge in [-0.05, 0) is 28.9 Å². The second-order valence-corrected chi connectivity index (χ2v) is 4.69. The predicted molar refractivity (Wildman–Crippen MR) is 62.4 cm³/mol. The van der Waals surface area contributed by atoms with Crippen molar-refractivity contribution in [3.63, 3.8) is 0 Å². The highest BCUT2D eigenvalue weighted by Crippen LogP contribution is 2.36. The number of rotatable bonds is 3. The summed E-state index contributed by atoms with van der Waals surface area (Å²) in [6.07, 6.45) is 2.23. The maximum absolute atomic E-state index is 10.4. The van der Waals surface area contributed by atoms with Gasteiger partial charge in [0.05, 0.1) is 13.2 Å². The van der Waals surface area contributed by atoms with Gasteiger partial charge in [0.15, 0.2) is 0 Å². The number of halogens is 1. The third-order valence-corrected chi connectivity index (χ3v) is 3.03. The normalized spacial score (nSPS) is 24.7. The van der Waals surface area contributed by atoms with Gasteiger partial charge in [-0.3, -0.25) is 0 Å². The molecule has 1 unspecified atom stereocenters. The van der Waals surface area contributed by atoms with E-state index in [0.29, 0.717) is 37.7 Å². The van der Waals surface area contributed by atoms with Gasteiger partial charge in [-0.2, -0.15) is 0 Å². The number of aromatic nitrogens is 1. The molecule has 1 fully saturated rings. The van der Waals surface area contributed by atoms with E-state index in [1.807, 2.05) is 13.0 Å². The average Bonchev–Trinajstić information content (AvgIpc) is 2.69. The average molecular weight is 288 g/mol. The SMILES string of the molecule is CCOc1ncc(Br)cc1C1(O)CCOC1. The van der Waals surface area contributed by atoms with Crippen LogP contribution in [0.5, 0.6) is 5.88 Å². The minimum absolute atomic E-state index is 0.297. The van der Waals surface area contributed by atoms with E-state index >= 15 is 0 Å². The minimum Gasteiger partial charge on any atom is -0.478 e. The molecule has 0 bridgehead atoms. The molecule has 1 aliphatic rings. The number of hydrogen-bond acceptors (Lipinski definition) is 4. The van der Waals surface area contributed by atoms with Gasteiger partial charge in [-0.25, -0.2) is 4.98 Å². The van der Waals surface area contributed by atoms with E-state index in [4.69, 9.17) is 9.47 Å². The van der Waals surface area contributed by atoms with Crippen molar-refractivity contribution in [1.82, 2.24) is 4.98 Å². The topological polar surface area (TPSA) is 51.6 Å². The Bertz CT molecular complexity index is 377. The molecule has 1 aromatic rings. The van der Waals surface area contributed by atoms with Crippen LogP contribution in [0.3, 0.4) is 0 Å². The number of nitrogens with zero attached hydrogens (tertiary/aromatic N) is 1. The summed E-state index contributed by atoms with van der Waals surface area (Å²) in [6, 6.07) is 1.84. The van der Waals surface area contributed by atoms with Gasteiger partial charge in [0.2, 0.25) is 5.88 Å². The van der Waals surface area contributed by atoms with Crippen molar-refractivity contribution in [3.05, 3.63) is 22.3 Å². The van der Waals surface area contributed by atoms with Crippen molar-refractivity contribution >= 4 is 15.9 Å². The molecule has 1 N–H and O–H groups in total. The van der Waals surface area contributed by atoms with Crippen LogP contribution >= 0.6 is 15.9 Å². The van der Waals surface area contributed by atoms with Gasteiger partial charge in [0.25, 0.3) is 0 Å². The molecule has 88 valence electrons. The summed E-state index contributed by atoms with van der Waals surface area (Å²) >= 11 is 3.35. The van der Waals surface area contributed by atoms with Crippen LogP contribution in [0.4, 0.5) is 0 Å². The van der Waals surface area contributed by atoms with Crippen molar-refractivity contribution in [2.75, 3.05) is 19.8 Å². The first-order valence-electron chi connectivity index (χ1n) is 5.24. The fourth-order valence-corrected chi connectivity index (χ4v) is 2.11. The zero-order valence-corrected chi connectivity index (χ0v) is 10.7. The van der Waals surface area contributed by atoms with Crippen LogP contribution in [-0.2, 0) is 10.3 Å². The fourth-order valence-electron chi connectivity index (χ4n) is 1.78. The summed E-state index contributed by atoms with van der Waals surface area (Å²) in [4.78, 5) is 4.17. The lowest BCUT2D eigenvalue weighted by molar-refractivity contribution is 0.0202. The molecule has 2 heterocycles. The van der Waals surface area contributed by atoms with Crippen LogP contribution in [0, 0.1) is 0 Å². The summed E-state index contributed by atoms with van der Waals surface area (Å²) < 4.78 is 11.5.